The van der Waals surface area contributed by atoms with Crippen LogP contribution in [0.3, 0.4) is 0 Å². The SMILES string of the molecule is CC[C@](O)(CO[Si](c1ccccc1)(c1ccccc1)C(C)(C)C)[C@H](COCc1ccccc1)OCc1ccccc1. The van der Waals surface area contributed by atoms with Crippen LogP contribution in [-0.4, -0.2) is 38.3 Å². The van der Waals surface area contributed by atoms with E-state index in [-0.39, 0.29) is 18.3 Å². The number of ether oxygens (including phenoxy) is 2. The highest BCUT2D eigenvalue weighted by atomic mass is 28.4. The summed E-state index contributed by atoms with van der Waals surface area (Å²) in [4.78, 5) is 0. The molecule has 0 bridgehead atoms. The van der Waals surface area contributed by atoms with E-state index in [1.54, 1.807) is 0 Å². The highest BCUT2D eigenvalue weighted by Gasteiger charge is 2.52. The predicted molar refractivity (Wildman–Crippen MR) is 170 cm³/mol. The van der Waals surface area contributed by atoms with Crippen LogP contribution in [0, 0.1) is 0 Å². The lowest BCUT2D eigenvalue weighted by atomic mass is 9.95. The second kappa shape index (κ2) is 14.2. The fraction of sp³-hybridized carbons (Fsp3) is 0.333. The monoisotopic (exact) mass is 568 g/mol. The third kappa shape index (κ3) is 7.62. The molecule has 0 unspecified atom stereocenters. The minimum Gasteiger partial charge on any atom is -0.404 e. The van der Waals surface area contributed by atoms with E-state index in [1.807, 2.05) is 79.7 Å². The molecule has 0 aromatic heterocycles. The van der Waals surface area contributed by atoms with Crippen molar-refractivity contribution in [3.8, 4) is 0 Å². The van der Waals surface area contributed by atoms with Gasteiger partial charge in [0.2, 0.25) is 0 Å². The summed E-state index contributed by atoms with van der Waals surface area (Å²) in [6, 6.07) is 41.2. The fourth-order valence-electron chi connectivity index (χ4n) is 5.40. The lowest BCUT2D eigenvalue weighted by Crippen LogP contribution is -2.68. The van der Waals surface area contributed by atoms with E-state index < -0.39 is 20.0 Å². The minimum atomic E-state index is -2.85. The first-order valence-corrected chi connectivity index (χ1v) is 16.4. The van der Waals surface area contributed by atoms with Crippen LogP contribution in [-0.2, 0) is 27.1 Å². The van der Waals surface area contributed by atoms with Gasteiger partial charge in [0.25, 0.3) is 8.32 Å². The number of benzene rings is 4. The summed E-state index contributed by atoms with van der Waals surface area (Å²) in [5.74, 6) is 0. The zero-order valence-electron chi connectivity index (χ0n) is 24.8. The highest BCUT2D eigenvalue weighted by molar-refractivity contribution is 6.99. The summed E-state index contributed by atoms with van der Waals surface area (Å²) in [6.07, 6.45) is -0.131. The summed E-state index contributed by atoms with van der Waals surface area (Å²) < 4.78 is 19.8. The Labute approximate surface area is 247 Å². The number of hydrogen-bond donors (Lipinski definition) is 1. The first kappa shape index (κ1) is 30.9. The number of rotatable bonds is 14. The summed E-state index contributed by atoms with van der Waals surface area (Å²) in [5, 5.41) is 14.4. The second-order valence-electron chi connectivity index (χ2n) is 11.7. The van der Waals surface area contributed by atoms with Gasteiger partial charge in [0, 0.05) is 0 Å². The van der Waals surface area contributed by atoms with Crippen molar-refractivity contribution in [1.82, 2.24) is 0 Å². The Morgan fingerprint density at radius 3 is 1.54 bits per heavy atom. The average Bonchev–Trinajstić information content (AvgIpc) is 3.00. The summed E-state index contributed by atoms with van der Waals surface area (Å²) in [7, 11) is -2.85. The van der Waals surface area contributed by atoms with Crippen LogP contribution in [0.1, 0.15) is 45.2 Å². The molecule has 0 aliphatic rings. The van der Waals surface area contributed by atoms with Crippen LogP contribution in [0.2, 0.25) is 5.04 Å². The van der Waals surface area contributed by atoms with Gasteiger partial charge in [0.05, 0.1) is 26.4 Å². The fourth-order valence-corrected chi connectivity index (χ4v) is 10.0. The zero-order valence-corrected chi connectivity index (χ0v) is 25.8. The maximum Gasteiger partial charge on any atom is 0.261 e. The van der Waals surface area contributed by atoms with Crippen molar-refractivity contribution in [2.45, 2.75) is 64.1 Å². The Morgan fingerprint density at radius 2 is 1.10 bits per heavy atom. The minimum absolute atomic E-state index is 0.130. The second-order valence-corrected chi connectivity index (χ2v) is 16.0. The lowest BCUT2D eigenvalue weighted by Gasteiger charge is -2.45. The van der Waals surface area contributed by atoms with Crippen molar-refractivity contribution in [2.75, 3.05) is 13.2 Å². The van der Waals surface area contributed by atoms with Crippen LogP contribution in [0.5, 0.6) is 0 Å². The van der Waals surface area contributed by atoms with Gasteiger partial charge in [-0.2, -0.15) is 0 Å². The largest absolute Gasteiger partial charge is 0.404 e. The molecule has 4 nitrogen and oxygen atoms in total. The molecule has 0 aliphatic carbocycles. The third-order valence-corrected chi connectivity index (χ3v) is 12.8. The normalized spacial score (nSPS) is 14.4. The van der Waals surface area contributed by atoms with Gasteiger partial charge in [-0.1, -0.05) is 149 Å². The number of hydrogen-bond acceptors (Lipinski definition) is 4. The Balaban J connectivity index is 1.64. The molecule has 4 rings (SSSR count). The van der Waals surface area contributed by atoms with Crippen molar-refractivity contribution in [3.63, 3.8) is 0 Å². The van der Waals surface area contributed by atoms with E-state index in [2.05, 4.69) is 69.3 Å². The highest BCUT2D eigenvalue weighted by Crippen LogP contribution is 2.38. The molecule has 0 radical (unpaired) electrons. The standard InChI is InChI=1S/C36H44O4Si/c1-5-36(37,34(39-27-31-20-12-7-13-21-31)28-38-26-30-18-10-6-11-19-30)29-40-41(35(2,3)4,32-22-14-8-15-23-32)33-24-16-9-17-25-33/h6-25,34,37H,5,26-29H2,1-4H3/t34-,36-/m0/s1. The predicted octanol–water partition coefficient (Wildman–Crippen LogP) is 6.51. The average molecular weight is 569 g/mol. The Kier molecular flexibility index (Phi) is 10.7. The lowest BCUT2D eigenvalue weighted by molar-refractivity contribution is -0.160. The Bertz CT molecular complexity index is 1250. The molecular weight excluding hydrogens is 524 g/mol. The van der Waals surface area contributed by atoms with Gasteiger partial charge in [0.15, 0.2) is 0 Å². The van der Waals surface area contributed by atoms with Crippen LogP contribution >= 0.6 is 0 Å². The van der Waals surface area contributed by atoms with Crippen LogP contribution in [0.15, 0.2) is 121 Å². The van der Waals surface area contributed by atoms with Gasteiger partial charge < -0.3 is 19.0 Å². The Hall–Kier alpha value is -3.06. The zero-order chi connectivity index (χ0) is 29.2. The molecule has 0 aliphatic heterocycles. The molecule has 1 N–H and O–H groups in total. The van der Waals surface area contributed by atoms with Crippen molar-refractivity contribution < 1.29 is 19.0 Å². The van der Waals surface area contributed by atoms with Gasteiger partial charge in [-0.05, 0) is 33.0 Å². The molecule has 0 saturated carbocycles. The van der Waals surface area contributed by atoms with Crippen molar-refractivity contribution in [1.29, 1.82) is 0 Å². The van der Waals surface area contributed by atoms with Crippen LogP contribution < -0.4 is 10.4 Å². The molecule has 4 aromatic rings. The molecule has 0 saturated heterocycles. The van der Waals surface area contributed by atoms with E-state index in [0.717, 1.165) is 11.1 Å². The van der Waals surface area contributed by atoms with E-state index in [9.17, 15) is 5.11 Å². The first-order valence-electron chi connectivity index (χ1n) is 14.5. The van der Waals surface area contributed by atoms with E-state index in [0.29, 0.717) is 19.6 Å². The van der Waals surface area contributed by atoms with Crippen molar-refractivity contribution >= 4 is 18.7 Å². The maximum atomic E-state index is 12.3. The smallest absolute Gasteiger partial charge is 0.261 e. The van der Waals surface area contributed by atoms with Gasteiger partial charge in [0.1, 0.15) is 11.7 Å². The van der Waals surface area contributed by atoms with Gasteiger partial charge >= 0.3 is 0 Å². The molecule has 5 heteroatoms. The van der Waals surface area contributed by atoms with Gasteiger partial charge in [-0.3, -0.25) is 0 Å². The molecular formula is C36H44O4Si. The van der Waals surface area contributed by atoms with Crippen LogP contribution in [0.25, 0.3) is 0 Å². The molecule has 0 fully saturated rings. The molecule has 2 atom stereocenters. The molecule has 0 spiro atoms. The summed E-state index contributed by atoms with van der Waals surface area (Å²) >= 11 is 0. The summed E-state index contributed by atoms with van der Waals surface area (Å²) in [6.45, 7) is 9.93. The molecule has 0 heterocycles. The molecule has 4 aromatic carbocycles. The van der Waals surface area contributed by atoms with Crippen LogP contribution in [0.4, 0.5) is 0 Å². The van der Waals surface area contributed by atoms with Crippen molar-refractivity contribution in [2.24, 2.45) is 0 Å². The topological polar surface area (TPSA) is 47.9 Å². The Morgan fingerprint density at radius 1 is 0.659 bits per heavy atom. The molecule has 0 amide bonds. The third-order valence-electron chi connectivity index (χ3n) is 7.84. The quantitative estimate of drug-likeness (QED) is 0.176. The van der Waals surface area contributed by atoms with E-state index in [1.165, 1.54) is 10.4 Å². The molecule has 216 valence electrons. The molecule has 41 heavy (non-hydrogen) atoms. The van der Waals surface area contributed by atoms with E-state index in [4.69, 9.17) is 13.9 Å². The first-order chi connectivity index (χ1) is 19.8. The summed E-state index contributed by atoms with van der Waals surface area (Å²) in [5.41, 5.74) is 0.864. The van der Waals surface area contributed by atoms with E-state index >= 15 is 0 Å². The van der Waals surface area contributed by atoms with Gasteiger partial charge in [-0.15, -0.1) is 0 Å². The number of aliphatic hydroxyl groups is 1. The van der Waals surface area contributed by atoms with Gasteiger partial charge in [-0.25, -0.2) is 0 Å². The van der Waals surface area contributed by atoms with Crippen molar-refractivity contribution in [3.05, 3.63) is 132 Å². The maximum absolute atomic E-state index is 12.3.